The Morgan fingerprint density at radius 1 is 0.944 bits per heavy atom. The van der Waals surface area contributed by atoms with Gasteiger partial charge >= 0.3 is 6.03 Å². The van der Waals surface area contributed by atoms with Crippen molar-refractivity contribution in [3.05, 3.63) is 77.5 Å². The highest BCUT2D eigenvalue weighted by Gasteiger charge is 2.24. The molecule has 1 aliphatic rings. The van der Waals surface area contributed by atoms with Crippen molar-refractivity contribution in [3.8, 4) is 23.0 Å². The largest absolute Gasteiger partial charge is 0.493 e. The average molecular weight is 484 g/mol. The van der Waals surface area contributed by atoms with Gasteiger partial charge in [-0.1, -0.05) is 17.7 Å². The molecule has 7 heteroatoms. The highest BCUT2D eigenvalue weighted by atomic mass is 16.5. The van der Waals surface area contributed by atoms with Gasteiger partial charge in [0.15, 0.2) is 11.5 Å². The van der Waals surface area contributed by atoms with E-state index in [1.165, 1.54) is 5.56 Å². The van der Waals surface area contributed by atoms with Gasteiger partial charge in [0.2, 0.25) is 0 Å². The van der Waals surface area contributed by atoms with E-state index in [0.29, 0.717) is 29.5 Å². The molecule has 2 amide bonds. The predicted octanol–water partition coefficient (Wildman–Crippen LogP) is 6.65. The van der Waals surface area contributed by atoms with Crippen LogP contribution in [0.4, 0.5) is 16.2 Å². The van der Waals surface area contributed by atoms with E-state index in [1.54, 1.807) is 25.3 Å². The van der Waals surface area contributed by atoms with Crippen LogP contribution in [0.15, 0.2) is 60.8 Å². The molecule has 7 nitrogen and oxygen atoms in total. The maximum Gasteiger partial charge on any atom is 0.326 e. The van der Waals surface area contributed by atoms with Gasteiger partial charge in [0.05, 0.1) is 19.7 Å². The zero-order valence-electron chi connectivity index (χ0n) is 20.9. The summed E-state index contributed by atoms with van der Waals surface area (Å²) in [5, 5.41) is 3.89. The molecular weight excluding hydrogens is 454 g/mol. The molecule has 184 valence electrons. The first-order chi connectivity index (χ1) is 17.5. The lowest BCUT2D eigenvalue weighted by molar-refractivity contribution is 0.256. The number of aromatic nitrogens is 1. The Kier molecular flexibility index (Phi) is 6.38. The van der Waals surface area contributed by atoms with Gasteiger partial charge in [-0.05, 0) is 74.2 Å². The number of benzene rings is 3. The SMILES string of the molecule is COc1cc2nccc(Oc3ccc4c(c3)CCCN4C(=O)Nc3ccc(C)cc3C)c2cc1OC. The Labute approximate surface area is 210 Å². The maximum absolute atomic E-state index is 13.2. The van der Waals surface area contributed by atoms with E-state index in [-0.39, 0.29) is 6.03 Å². The molecule has 0 spiro atoms. The van der Waals surface area contributed by atoms with E-state index in [4.69, 9.17) is 14.2 Å². The van der Waals surface area contributed by atoms with E-state index in [2.05, 4.69) is 16.4 Å². The van der Waals surface area contributed by atoms with Crippen molar-refractivity contribution in [2.75, 3.05) is 31.0 Å². The molecule has 0 aliphatic carbocycles. The molecule has 1 aromatic heterocycles. The van der Waals surface area contributed by atoms with Crippen LogP contribution >= 0.6 is 0 Å². The number of urea groups is 1. The monoisotopic (exact) mass is 483 g/mol. The second kappa shape index (κ2) is 9.77. The van der Waals surface area contributed by atoms with Crippen LogP contribution in [0.25, 0.3) is 10.9 Å². The zero-order valence-corrected chi connectivity index (χ0v) is 20.9. The molecule has 2 heterocycles. The number of ether oxygens (including phenoxy) is 3. The van der Waals surface area contributed by atoms with Gasteiger partial charge in [-0.2, -0.15) is 0 Å². The van der Waals surface area contributed by atoms with Crippen LogP contribution in [0.1, 0.15) is 23.1 Å². The molecule has 0 atom stereocenters. The van der Waals surface area contributed by atoms with Gasteiger partial charge in [-0.3, -0.25) is 9.88 Å². The summed E-state index contributed by atoms with van der Waals surface area (Å²) in [5.41, 5.74) is 5.77. The number of hydrogen-bond donors (Lipinski definition) is 1. The molecule has 5 rings (SSSR count). The number of amides is 2. The number of nitrogens with zero attached hydrogens (tertiary/aromatic N) is 2. The molecule has 3 aromatic carbocycles. The third-order valence-electron chi connectivity index (χ3n) is 6.47. The number of fused-ring (bicyclic) bond motifs is 2. The Balaban J connectivity index is 1.41. The summed E-state index contributed by atoms with van der Waals surface area (Å²) in [6.45, 7) is 4.71. The first-order valence-electron chi connectivity index (χ1n) is 11.9. The van der Waals surface area contributed by atoms with Crippen molar-refractivity contribution in [3.63, 3.8) is 0 Å². The van der Waals surface area contributed by atoms with Gasteiger partial charge in [-0.15, -0.1) is 0 Å². The van der Waals surface area contributed by atoms with Crippen molar-refractivity contribution < 1.29 is 19.0 Å². The number of rotatable bonds is 5. The average Bonchev–Trinajstić information content (AvgIpc) is 2.89. The summed E-state index contributed by atoms with van der Waals surface area (Å²) in [6, 6.07) is 17.3. The topological polar surface area (TPSA) is 72.9 Å². The number of hydrogen-bond acceptors (Lipinski definition) is 5. The molecule has 4 aromatic rings. The van der Waals surface area contributed by atoms with E-state index in [1.807, 2.05) is 62.4 Å². The van der Waals surface area contributed by atoms with Crippen LogP contribution in [0, 0.1) is 13.8 Å². The van der Waals surface area contributed by atoms with E-state index in [9.17, 15) is 4.79 Å². The fourth-order valence-corrected chi connectivity index (χ4v) is 4.65. The zero-order chi connectivity index (χ0) is 25.2. The maximum atomic E-state index is 13.2. The highest BCUT2D eigenvalue weighted by molar-refractivity contribution is 6.03. The number of nitrogens with one attached hydrogen (secondary N) is 1. The standard InChI is InChI=1S/C29H29N3O4/c1-18-7-9-23(19(2)14-18)31-29(33)32-13-5-6-20-15-21(8-10-25(20)32)36-26-11-12-30-24-17-28(35-4)27(34-3)16-22(24)26/h7-12,14-17H,5-6,13H2,1-4H3,(H,31,33). The second-order valence-electron chi connectivity index (χ2n) is 8.93. The first-order valence-corrected chi connectivity index (χ1v) is 11.9. The number of aryl methyl sites for hydroxylation is 3. The second-order valence-corrected chi connectivity index (χ2v) is 8.93. The van der Waals surface area contributed by atoms with Gasteiger partial charge in [0.1, 0.15) is 11.5 Å². The van der Waals surface area contributed by atoms with Crippen LogP contribution in [0.2, 0.25) is 0 Å². The molecule has 1 N–H and O–H groups in total. The number of carbonyl (C=O) groups excluding carboxylic acids is 1. The fraction of sp³-hybridized carbons (Fsp3) is 0.241. The van der Waals surface area contributed by atoms with Crippen LogP contribution in [-0.2, 0) is 6.42 Å². The summed E-state index contributed by atoms with van der Waals surface area (Å²) in [7, 11) is 3.20. The third kappa shape index (κ3) is 4.52. The van der Waals surface area contributed by atoms with Crippen LogP contribution in [0.3, 0.4) is 0 Å². The molecule has 0 unspecified atom stereocenters. The van der Waals surface area contributed by atoms with Crippen molar-refractivity contribution in [2.24, 2.45) is 0 Å². The molecular formula is C29H29N3O4. The minimum Gasteiger partial charge on any atom is -0.493 e. The molecule has 0 saturated heterocycles. The highest BCUT2D eigenvalue weighted by Crippen LogP contribution is 2.38. The summed E-state index contributed by atoms with van der Waals surface area (Å²) in [6.07, 6.45) is 3.47. The van der Waals surface area contributed by atoms with Gasteiger partial charge in [-0.25, -0.2) is 4.79 Å². The van der Waals surface area contributed by atoms with Crippen molar-refractivity contribution in [1.82, 2.24) is 4.98 Å². The van der Waals surface area contributed by atoms with E-state index < -0.39 is 0 Å². The smallest absolute Gasteiger partial charge is 0.326 e. The van der Waals surface area contributed by atoms with Gasteiger partial charge in [0, 0.05) is 35.6 Å². The lowest BCUT2D eigenvalue weighted by Gasteiger charge is -2.30. The Morgan fingerprint density at radius 2 is 1.75 bits per heavy atom. The van der Waals surface area contributed by atoms with Crippen LogP contribution in [-0.4, -0.2) is 31.8 Å². The Bertz CT molecular complexity index is 1450. The summed E-state index contributed by atoms with van der Waals surface area (Å²) in [5.74, 6) is 2.59. The molecule has 0 bridgehead atoms. The lowest BCUT2D eigenvalue weighted by Crippen LogP contribution is -2.38. The van der Waals surface area contributed by atoms with E-state index >= 15 is 0 Å². The molecule has 36 heavy (non-hydrogen) atoms. The van der Waals surface area contributed by atoms with Crippen molar-refractivity contribution >= 4 is 28.3 Å². The molecule has 1 aliphatic heterocycles. The Morgan fingerprint density at radius 3 is 2.53 bits per heavy atom. The van der Waals surface area contributed by atoms with E-state index in [0.717, 1.165) is 46.2 Å². The molecule has 0 radical (unpaired) electrons. The number of pyridine rings is 1. The first kappa shape index (κ1) is 23.5. The molecule has 0 fully saturated rings. The summed E-state index contributed by atoms with van der Waals surface area (Å²) >= 11 is 0. The minimum absolute atomic E-state index is 0.127. The normalized spacial score (nSPS) is 12.7. The summed E-state index contributed by atoms with van der Waals surface area (Å²) < 4.78 is 17.2. The quantitative estimate of drug-likeness (QED) is 0.344. The number of carbonyl (C=O) groups is 1. The molecule has 0 saturated carbocycles. The van der Waals surface area contributed by atoms with Gasteiger partial charge in [0.25, 0.3) is 0 Å². The summed E-state index contributed by atoms with van der Waals surface area (Å²) in [4.78, 5) is 19.4. The number of anilines is 2. The van der Waals surface area contributed by atoms with Crippen molar-refractivity contribution in [2.45, 2.75) is 26.7 Å². The van der Waals surface area contributed by atoms with Crippen LogP contribution < -0.4 is 24.4 Å². The lowest BCUT2D eigenvalue weighted by atomic mass is 10.0. The minimum atomic E-state index is -0.127. The van der Waals surface area contributed by atoms with Crippen molar-refractivity contribution in [1.29, 1.82) is 0 Å². The third-order valence-corrected chi connectivity index (χ3v) is 6.47. The fourth-order valence-electron chi connectivity index (χ4n) is 4.65. The predicted molar refractivity (Wildman–Crippen MR) is 142 cm³/mol. The number of methoxy groups -OCH3 is 2. The van der Waals surface area contributed by atoms with Crippen LogP contribution in [0.5, 0.6) is 23.0 Å². The van der Waals surface area contributed by atoms with Gasteiger partial charge < -0.3 is 19.5 Å². The Hall–Kier alpha value is -4.26.